The van der Waals surface area contributed by atoms with E-state index in [1.54, 1.807) is 13.0 Å². The van der Waals surface area contributed by atoms with Crippen molar-refractivity contribution in [1.29, 1.82) is 0 Å². The van der Waals surface area contributed by atoms with Crippen LogP contribution in [-0.2, 0) is 23.8 Å². The Morgan fingerprint density at radius 3 is 2.44 bits per heavy atom. The first-order valence-corrected chi connectivity index (χ1v) is 5.88. The number of Topliss-reactive ketones (excluding diaryl/α,β-unsaturated/α-hetero) is 1. The monoisotopic (exact) mass is 254 g/mol. The van der Waals surface area contributed by atoms with Gasteiger partial charge in [0.05, 0.1) is 18.4 Å². The Morgan fingerprint density at radius 1 is 1.33 bits per heavy atom. The van der Waals surface area contributed by atoms with Crippen molar-refractivity contribution in [3.8, 4) is 0 Å². The zero-order chi connectivity index (χ0) is 13.6. The molecule has 0 heterocycles. The lowest BCUT2D eigenvalue weighted by Crippen LogP contribution is -2.64. The van der Waals surface area contributed by atoms with Crippen LogP contribution in [0.2, 0.25) is 0 Å². The first-order chi connectivity index (χ1) is 8.46. The third-order valence-corrected chi connectivity index (χ3v) is 4.27. The van der Waals surface area contributed by atoms with Crippen molar-refractivity contribution in [3.63, 3.8) is 0 Å². The van der Waals surface area contributed by atoms with Crippen LogP contribution in [0, 0.1) is 17.3 Å². The maximum atomic E-state index is 12.6. The van der Waals surface area contributed by atoms with E-state index in [-0.39, 0.29) is 17.7 Å². The number of rotatable bonds is 3. The predicted molar refractivity (Wildman–Crippen MR) is 62.6 cm³/mol. The van der Waals surface area contributed by atoms with E-state index in [0.29, 0.717) is 6.42 Å². The van der Waals surface area contributed by atoms with Crippen molar-refractivity contribution in [2.75, 3.05) is 21.3 Å². The largest absolute Gasteiger partial charge is 0.469 e. The van der Waals surface area contributed by atoms with Gasteiger partial charge in [0, 0.05) is 20.1 Å². The molecule has 2 bridgehead atoms. The van der Waals surface area contributed by atoms with Crippen LogP contribution in [0.4, 0.5) is 0 Å². The summed E-state index contributed by atoms with van der Waals surface area (Å²) in [6, 6.07) is 0. The fourth-order valence-corrected chi connectivity index (χ4v) is 3.12. The lowest BCUT2D eigenvalue weighted by molar-refractivity contribution is -0.247. The quantitative estimate of drug-likeness (QED) is 0.426. The van der Waals surface area contributed by atoms with Gasteiger partial charge in [-0.15, -0.1) is 0 Å². The molecule has 0 amide bonds. The summed E-state index contributed by atoms with van der Waals surface area (Å²) in [6.45, 7) is 1.73. The standard InChI is InChI=1S/C13H18O5/c1-12-6-5-8(7-9(12)10(14)16-2)13(17-3,18-4)11(12)15/h5-6,8-9H,7H2,1-4H3/t8-,9-,12+/m0/s1. The van der Waals surface area contributed by atoms with E-state index in [9.17, 15) is 9.59 Å². The number of ketones is 1. The van der Waals surface area contributed by atoms with Crippen LogP contribution in [0.15, 0.2) is 12.2 Å². The summed E-state index contributed by atoms with van der Waals surface area (Å²) in [6.07, 6.45) is 4.17. The van der Waals surface area contributed by atoms with Gasteiger partial charge in [0.2, 0.25) is 11.6 Å². The van der Waals surface area contributed by atoms with Gasteiger partial charge in [-0.3, -0.25) is 9.59 Å². The molecule has 3 rings (SSSR count). The van der Waals surface area contributed by atoms with E-state index < -0.39 is 17.1 Å². The molecule has 100 valence electrons. The van der Waals surface area contributed by atoms with E-state index in [4.69, 9.17) is 14.2 Å². The number of carbonyl (C=O) groups is 2. The zero-order valence-corrected chi connectivity index (χ0v) is 11.1. The third-order valence-electron chi connectivity index (χ3n) is 4.27. The maximum Gasteiger partial charge on any atom is 0.310 e. The van der Waals surface area contributed by atoms with Crippen LogP contribution in [0.25, 0.3) is 0 Å². The molecule has 0 N–H and O–H groups in total. The first kappa shape index (κ1) is 13.2. The molecule has 0 radical (unpaired) electrons. The van der Waals surface area contributed by atoms with E-state index in [1.807, 2.05) is 6.08 Å². The summed E-state index contributed by atoms with van der Waals surface area (Å²) in [5.74, 6) is -2.57. The SMILES string of the molecule is COC(=O)[C@@H]1C[C@@H]2C=C[C@@]1(C)C(=O)C2(OC)OC. The topological polar surface area (TPSA) is 61.8 Å². The van der Waals surface area contributed by atoms with Crippen LogP contribution in [0.5, 0.6) is 0 Å². The molecule has 5 nitrogen and oxygen atoms in total. The van der Waals surface area contributed by atoms with E-state index in [1.165, 1.54) is 21.3 Å². The highest BCUT2D eigenvalue weighted by Crippen LogP contribution is 2.53. The highest BCUT2D eigenvalue weighted by atomic mass is 16.7. The van der Waals surface area contributed by atoms with Crippen LogP contribution in [-0.4, -0.2) is 38.9 Å². The minimum atomic E-state index is -1.27. The van der Waals surface area contributed by atoms with Gasteiger partial charge in [-0.25, -0.2) is 0 Å². The van der Waals surface area contributed by atoms with Crippen molar-refractivity contribution in [2.45, 2.75) is 19.1 Å². The normalized spacial score (nSPS) is 36.8. The summed E-state index contributed by atoms with van der Waals surface area (Å²) < 4.78 is 15.4. The molecule has 0 aromatic heterocycles. The van der Waals surface area contributed by atoms with Crippen LogP contribution < -0.4 is 0 Å². The molecule has 18 heavy (non-hydrogen) atoms. The molecule has 1 fully saturated rings. The molecule has 3 atom stereocenters. The van der Waals surface area contributed by atoms with Crippen molar-refractivity contribution in [2.24, 2.45) is 17.3 Å². The molecule has 0 unspecified atom stereocenters. The lowest BCUT2D eigenvalue weighted by Gasteiger charge is -2.52. The summed E-state index contributed by atoms with van der Waals surface area (Å²) in [5.41, 5.74) is -0.923. The Bertz CT molecular complexity index is 410. The molecule has 3 aliphatic carbocycles. The van der Waals surface area contributed by atoms with Crippen LogP contribution in [0.3, 0.4) is 0 Å². The van der Waals surface area contributed by atoms with E-state index in [2.05, 4.69) is 0 Å². The number of methoxy groups -OCH3 is 3. The molecule has 5 heteroatoms. The lowest BCUT2D eigenvalue weighted by atomic mass is 9.56. The second-order valence-corrected chi connectivity index (χ2v) is 4.96. The fraction of sp³-hybridized carbons (Fsp3) is 0.692. The molecular formula is C13H18O5. The Labute approximate surface area is 106 Å². The van der Waals surface area contributed by atoms with Crippen molar-refractivity contribution in [1.82, 2.24) is 0 Å². The van der Waals surface area contributed by atoms with Crippen LogP contribution >= 0.6 is 0 Å². The zero-order valence-electron chi connectivity index (χ0n) is 11.1. The molecule has 0 saturated heterocycles. The van der Waals surface area contributed by atoms with Gasteiger partial charge in [-0.2, -0.15) is 0 Å². The minimum Gasteiger partial charge on any atom is -0.469 e. The van der Waals surface area contributed by atoms with Gasteiger partial charge in [-0.1, -0.05) is 12.2 Å². The maximum absolute atomic E-state index is 12.6. The van der Waals surface area contributed by atoms with Gasteiger partial charge < -0.3 is 14.2 Å². The predicted octanol–water partition coefficient (Wildman–Crippen LogP) is 0.930. The molecule has 0 aliphatic heterocycles. The van der Waals surface area contributed by atoms with Crippen molar-refractivity contribution < 1.29 is 23.8 Å². The molecule has 0 aromatic rings. The number of fused-ring (bicyclic) bond motifs is 2. The number of esters is 1. The van der Waals surface area contributed by atoms with Gasteiger partial charge in [0.25, 0.3) is 0 Å². The van der Waals surface area contributed by atoms with Gasteiger partial charge in [-0.05, 0) is 13.3 Å². The van der Waals surface area contributed by atoms with E-state index in [0.717, 1.165) is 0 Å². The summed E-state index contributed by atoms with van der Waals surface area (Å²) in [4.78, 5) is 24.4. The average molecular weight is 254 g/mol. The molecular weight excluding hydrogens is 236 g/mol. The summed E-state index contributed by atoms with van der Waals surface area (Å²) >= 11 is 0. The Balaban J connectivity index is 2.47. The number of allylic oxidation sites excluding steroid dienone is 1. The smallest absolute Gasteiger partial charge is 0.310 e. The van der Waals surface area contributed by atoms with Crippen molar-refractivity contribution in [3.05, 3.63) is 12.2 Å². The number of carbonyl (C=O) groups excluding carboxylic acids is 2. The summed E-state index contributed by atoms with van der Waals surface area (Å²) in [5, 5.41) is 0. The number of ether oxygens (including phenoxy) is 3. The fourth-order valence-electron chi connectivity index (χ4n) is 3.12. The van der Waals surface area contributed by atoms with Gasteiger partial charge in [0.15, 0.2) is 0 Å². The van der Waals surface area contributed by atoms with Gasteiger partial charge in [0.1, 0.15) is 0 Å². The average Bonchev–Trinajstić information content (AvgIpc) is 2.40. The Kier molecular flexibility index (Phi) is 3.07. The molecule has 3 aliphatic rings. The summed E-state index contributed by atoms with van der Waals surface area (Å²) in [7, 11) is 4.24. The van der Waals surface area contributed by atoms with Gasteiger partial charge >= 0.3 is 5.97 Å². The Hall–Kier alpha value is -1.20. The highest BCUT2D eigenvalue weighted by Gasteiger charge is 2.64. The van der Waals surface area contributed by atoms with Crippen molar-refractivity contribution >= 4 is 11.8 Å². The number of hydrogen-bond acceptors (Lipinski definition) is 5. The van der Waals surface area contributed by atoms with E-state index >= 15 is 0 Å². The Morgan fingerprint density at radius 2 is 1.94 bits per heavy atom. The van der Waals surface area contributed by atoms with Crippen LogP contribution in [0.1, 0.15) is 13.3 Å². The molecule has 0 aromatic carbocycles. The number of hydrogen-bond donors (Lipinski definition) is 0. The third kappa shape index (κ3) is 1.40. The minimum absolute atomic E-state index is 0.214. The second-order valence-electron chi connectivity index (χ2n) is 4.96. The second kappa shape index (κ2) is 4.17. The highest BCUT2D eigenvalue weighted by molar-refractivity contribution is 5.99. The molecule has 1 saturated carbocycles. The first-order valence-electron chi connectivity index (χ1n) is 5.88. The molecule has 0 spiro atoms.